The number of hydrazone groups is 1. The standard InChI is InChI=1S/C25H27N5O2/c1-15(22-12-17-5-3-4-6-21(17)28-22)30(2)23(31)8-7-16-11-19-20-14-26-10-9-18(20)25(32)24(19)29-27-13-16/h3-8,11-13,15,18,24,26,28-29H,9-10,14H2,1-2H3/b8-7+/t15?,18?,24-/m1/s1. The number of aromatic nitrogens is 1. The minimum atomic E-state index is -0.391. The quantitative estimate of drug-likeness (QED) is 0.652. The molecule has 7 heteroatoms. The Labute approximate surface area is 186 Å². The summed E-state index contributed by atoms with van der Waals surface area (Å²) in [5.41, 5.74) is 7.96. The van der Waals surface area contributed by atoms with E-state index in [1.807, 2.05) is 31.2 Å². The van der Waals surface area contributed by atoms with E-state index in [1.54, 1.807) is 30.3 Å². The molecule has 5 rings (SSSR count). The topological polar surface area (TPSA) is 89.6 Å². The van der Waals surface area contributed by atoms with Gasteiger partial charge in [0, 0.05) is 36.8 Å². The van der Waals surface area contributed by atoms with E-state index in [0.717, 1.165) is 52.8 Å². The smallest absolute Gasteiger partial charge is 0.246 e. The molecule has 1 aliphatic carbocycles. The van der Waals surface area contributed by atoms with Crippen LogP contribution in [0.25, 0.3) is 10.9 Å². The molecule has 164 valence electrons. The maximum Gasteiger partial charge on any atom is 0.246 e. The number of ketones is 1. The Kier molecular flexibility index (Phi) is 5.27. The lowest BCUT2D eigenvalue weighted by molar-refractivity contribution is -0.126. The van der Waals surface area contributed by atoms with E-state index in [0.29, 0.717) is 0 Å². The van der Waals surface area contributed by atoms with Crippen LogP contribution in [0.15, 0.2) is 70.4 Å². The molecular formula is C25H27N5O2. The Balaban J connectivity index is 1.34. The highest BCUT2D eigenvalue weighted by Crippen LogP contribution is 2.35. The van der Waals surface area contributed by atoms with Crippen molar-refractivity contribution in [2.24, 2.45) is 11.0 Å². The number of fused-ring (bicyclic) bond motifs is 3. The maximum atomic E-state index is 12.9. The molecule has 1 aromatic heterocycles. The van der Waals surface area contributed by atoms with Gasteiger partial charge in [-0.05, 0) is 66.3 Å². The number of carbonyl (C=O) groups is 2. The third-order valence-corrected chi connectivity index (χ3v) is 6.74. The molecule has 1 fully saturated rings. The first-order valence-electron chi connectivity index (χ1n) is 11.0. The number of allylic oxidation sites excluding steroid dienone is 2. The summed E-state index contributed by atoms with van der Waals surface area (Å²) in [4.78, 5) is 30.7. The molecule has 0 saturated carbocycles. The molecule has 3 heterocycles. The largest absolute Gasteiger partial charge is 0.357 e. The van der Waals surface area contributed by atoms with Crippen molar-refractivity contribution >= 4 is 28.8 Å². The van der Waals surface area contributed by atoms with Gasteiger partial charge in [-0.1, -0.05) is 18.2 Å². The normalized spacial score (nSPS) is 23.6. The predicted octanol–water partition coefficient (Wildman–Crippen LogP) is 2.62. The molecule has 32 heavy (non-hydrogen) atoms. The zero-order valence-electron chi connectivity index (χ0n) is 18.3. The first kappa shape index (κ1) is 20.5. The number of hydrogen-bond acceptors (Lipinski definition) is 5. The number of H-pyrrole nitrogens is 1. The summed E-state index contributed by atoms with van der Waals surface area (Å²) >= 11 is 0. The molecular weight excluding hydrogens is 402 g/mol. The van der Waals surface area contributed by atoms with E-state index in [9.17, 15) is 9.59 Å². The molecule has 0 bridgehead atoms. The van der Waals surface area contributed by atoms with Crippen molar-refractivity contribution in [2.45, 2.75) is 25.4 Å². The fourth-order valence-electron chi connectivity index (χ4n) is 4.73. The molecule has 3 N–H and O–H groups in total. The van der Waals surface area contributed by atoms with Gasteiger partial charge in [-0.3, -0.25) is 15.0 Å². The second-order valence-electron chi connectivity index (χ2n) is 8.64. The molecule has 1 saturated heterocycles. The Morgan fingerprint density at radius 3 is 3.00 bits per heavy atom. The lowest BCUT2D eigenvalue weighted by atomic mass is 9.93. The van der Waals surface area contributed by atoms with E-state index >= 15 is 0 Å². The van der Waals surface area contributed by atoms with Crippen LogP contribution < -0.4 is 10.7 Å². The number of carbonyl (C=O) groups excluding carboxylic acids is 2. The van der Waals surface area contributed by atoms with Gasteiger partial charge in [0.2, 0.25) is 5.91 Å². The van der Waals surface area contributed by atoms with Crippen LogP contribution in [0.5, 0.6) is 0 Å². The summed E-state index contributed by atoms with van der Waals surface area (Å²) < 4.78 is 0. The number of amides is 1. The first-order valence-corrected chi connectivity index (χ1v) is 11.0. The number of rotatable bonds is 4. The number of aromatic amines is 1. The molecule has 1 aromatic carbocycles. The van der Waals surface area contributed by atoms with Gasteiger partial charge >= 0.3 is 0 Å². The highest BCUT2D eigenvalue weighted by molar-refractivity contribution is 5.99. The molecule has 1 amide bonds. The van der Waals surface area contributed by atoms with Crippen molar-refractivity contribution in [1.82, 2.24) is 20.6 Å². The summed E-state index contributed by atoms with van der Waals surface area (Å²) in [7, 11) is 1.80. The zero-order chi connectivity index (χ0) is 22.2. The van der Waals surface area contributed by atoms with Gasteiger partial charge in [-0.25, -0.2) is 0 Å². The highest BCUT2D eigenvalue weighted by Gasteiger charge is 2.41. The zero-order valence-corrected chi connectivity index (χ0v) is 18.3. The van der Waals surface area contributed by atoms with Crippen LogP contribution in [-0.2, 0) is 9.59 Å². The van der Waals surface area contributed by atoms with Crippen LogP contribution in [0.2, 0.25) is 0 Å². The van der Waals surface area contributed by atoms with Gasteiger partial charge in [0.25, 0.3) is 0 Å². The van der Waals surface area contributed by atoms with Crippen LogP contribution in [0, 0.1) is 5.92 Å². The van der Waals surface area contributed by atoms with Crippen molar-refractivity contribution in [3.63, 3.8) is 0 Å². The number of para-hydroxylation sites is 1. The third kappa shape index (κ3) is 3.58. The minimum Gasteiger partial charge on any atom is -0.357 e. The predicted molar refractivity (Wildman–Crippen MR) is 125 cm³/mol. The molecule has 0 radical (unpaired) electrons. The summed E-state index contributed by atoms with van der Waals surface area (Å²) in [6.07, 6.45) is 7.81. The molecule has 3 aliphatic rings. The fraction of sp³-hybridized carbons (Fsp3) is 0.320. The summed E-state index contributed by atoms with van der Waals surface area (Å²) in [5.74, 6) is 0.0677. The van der Waals surface area contributed by atoms with Crippen LogP contribution in [0.4, 0.5) is 0 Å². The minimum absolute atomic E-state index is 0.0246. The van der Waals surface area contributed by atoms with Gasteiger partial charge < -0.3 is 15.2 Å². The average Bonchev–Trinajstić information content (AvgIpc) is 3.27. The summed E-state index contributed by atoms with van der Waals surface area (Å²) in [5, 5.41) is 8.72. The second-order valence-corrected chi connectivity index (χ2v) is 8.64. The van der Waals surface area contributed by atoms with E-state index in [2.05, 4.69) is 33.0 Å². The van der Waals surface area contributed by atoms with Crippen molar-refractivity contribution < 1.29 is 9.59 Å². The number of nitrogens with one attached hydrogen (secondary N) is 3. The first-order chi connectivity index (χ1) is 15.5. The Hall–Kier alpha value is -3.45. The number of Topliss-reactive ketones (excluding diaryl/α,β-unsaturated/α-hetero) is 1. The number of likely N-dealkylation sites (N-methyl/N-ethyl adjacent to an activating group) is 1. The Bertz CT molecular complexity index is 1170. The van der Waals surface area contributed by atoms with Gasteiger partial charge in [-0.2, -0.15) is 5.10 Å². The van der Waals surface area contributed by atoms with Crippen LogP contribution in [0.1, 0.15) is 25.1 Å². The van der Waals surface area contributed by atoms with Gasteiger partial charge in [0.1, 0.15) is 6.04 Å². The van der Waals surface area contributed by atoms with Crippen molar-refractivity contribution in [3.05, 3.63) is 71.0 Å². The maximum absolute atomic E-state index is 12.9. The van der Waals surface area contributed by atoms with Gasteiger partial charge in [0.15, 0.2) is 5.78 Å². The van der Waals surface area contributed by atoms with Crippen LogP contribution >= 0.6 is 0 Å². The van der Waals surface area contributed by atoms with Crippen LogP contribution in [0.3, 0.4) is 0 Å². The number of piperidine rings is 1. The third-order valence-electron chi connectivity index (χ3n) is 6.74. The van der Waals surface area contributed by atoms with Crippen molar-refractivity contribution in [1.29, 1.82) is 0 Å². The number of hydrogen-bond donors (Lipinski definition) is 3. The lowest BCUT2D eigenvalue weighted by Crippen LogP contribution is -2.36. The highest BCUT2D eigenvalue weighted by atomic mass is 16.2. The Morgan fingerprint density at radius 2 is 2.16 bits per heavy atom. The molecule has 2 aromatic rings. The molecule has 7 nitrogen and oxygen atoms in total. The second kappa shape index (κ2) is 8.24. The average molecular weight is 430 g/mol. The molecule has 2 unspecified atom stereocenters. The van der Waals surface area contributed by atoms with E-state index in [4.69, 9.17) is 0 Å². The van der Waals surface area contributed by atoms with Crippen molar-refractivity contribution in [2.75, 3.05) is 20.1 Å². The van der Waals surface area contributed by atoms with Gasteiger partial charge in [0.05, 0.1) is 12.3 Å². The lowest BCUT2D eigenvalue weighted by Gasteiger charge is -2.22. The monoisotopic (exact) mass is 429 g/mol. The van der Waals surface area contributed by atoms with Crippen molar-refractivity contribution in [3.8, 4) is 0 Å². The van der Waals surface area contributed by atoms with E-state index < -0.39 is 6.04 Å². The molecule has 0 spiro atoms. The summed E-state index contributed by atoms with van der Waals surface area (Å²) in [6, 6.07) is 9.67. The van der Waals surface area contributed by atoms with Gasteiger partial charge in [-0.15, -0.1) is 0 Å². The fourth-order valence-corrected chi connectivity index (χ4v) is 4.73. The Morgan fingerprint density at radius 1 is 1.31 bits per heavy atom. The summed E-state index contributed by atoms with van der Waals surface area (Å²) in [6.45, 7) is 3.58. The number of nitrogens with zero attached hydrogens (tertiary/aromatic N) is 2. The van der Waals surface area contributed by atoms with E-state index in [1.165, 1.54) is 0 Å². The SMILES string of the molecule is CC(c1cc2ccccc2[nH]1)N(C)C(=O)/C=C/C1=CC2=C3CNCCC3C(=O)[C@@H]2NN=C1. The number of benzene rings is 1. The molecule has 3 atom stereocenters. The van der Waals surface area contributed by atoms with Crippen LogP contribution in [-0.4, -0.2) is 54.0 Å². The molecule has 2 aliphatic heterocycles. The van der Waals surface area contributed by atoms with E-state index in [-0.39, 0.29) is 23.7 Å².